The normalized spacial score (nSPS) is 24.0. The van der Waals surface area contributed by atoms with Gasteiger partial charge in [-0.2, -0.15) is 0 Å². The molecule has 4 nitrogen and oxygen atoms in total. The van der Waals surface area contributed by atoms with Gasteiger partial charge in [-0.05, 0) is 25.5 Å². The number of hydrogen-bond donors (Lipinski definition) is 2. The molecule has 1 aromatic rings. The summed E-state index contributed by atoms with van der Waals surface area (Å²) in [5.41, 5.74) is 3.58. The Morgan fingerprint density at radius 3 is 2.50 bits per heavy atom. The van der Waals surface area contributed by atoms with Crippen LogP contribution in [0.2, 0.25) is 0 Å². The average molecular weight is 223 g/mol. The molecular formula is C12H17NO3. The van der Waals surface area contributed by atoms with Crippen molar-refractivity contribution in [3.8, 4) is 0 Å². The molecule has 0 aliphatic heterocycles. The van der Waals surface area contributed by atoms with E-state index in [1.807, 2.05) is 25.5 Å². The van der Waals surface area contributed by atoms with Crippen LogP contribution in [-0.4, -0.2) is 21.9 Å². The largest absolute Gasteiger partial charge is 0.498 e. The summed E-state index contributed by atoms with van der Waals surface area (Å²) in [6, 6.07) is 0. The summed E-state index contributed by atoms with van der Waals surface area (Å²) < 4.78 is 6.99. The Kier molecular flexibility index (Phi) is 2.56. The van der Waals surface area contributed by atoms with Crippen LogP contribution in [0.15, 0.2) is 11.8 Å². The molecule has 88 valence electrons. The standard InChI is InChI=1S/C12H17NO3/c1-6-7(2)13(3)11-8(14)5-9(16-4)12(15)10(6)11/h5,8,12,14-15H,1-4H3. The van der Waals surface area contributed by atoms with Crippen LogP contribution < -0.4 is 0 Å². The van der Waals surface area contributed by atoms with Crippen LogP contribution in [0, 0.1) is 13.8 Å². The number of hydrogen-bond acceptors (Lipinski definition) is 3. The summed E-state index contributed by atoms with van der Waals surface area (Å²) in [6.07, 6.45) is 0.0559. The molecule has 2 N–H and O–H groups in total. The van der Waals surface area contributed by atoms with Gasteiger partial charge in [0.25, 0.3) is 0 Å². The molecule has 0 radical (unpaired) electrons. The highest BCUT2D eigenvalue weighted by molar-refractivity contribution is 5.46. The molecular weight excluding hydrogens is 206 g/mol. The van der Waals surface area contributed by atoms with Crippen molar-refractivity contribution < 1.29 is 14.9 Å². The zero-order valence-corrected chi connectivity index (χ0v) is 9.98. The fourth-order valence-electron chi connectivity index (χ4n) is 2.35. The van der Waals surface area contributed by atoms with Crippen molar-refractivity contribution in [3.05, 3.63) is 34.3 Å². The van der Waals surface area contributed by atoms with E-state index >= 15 is 0 Å². The fourth-order valence-corrected chi connectivity index (χ4v) is 2.35. The second-order valence-electron chi connectivity index (χ2n) is 4.19. The van der Waals surface area contributed by atoms with Gasteiger partial charge in [-0.25, -0.2) is 0 Å². The van der Waals surface area contributed by atoms with Crippen molar-refractivity contribution >= 4 is 0 Å². The maximum Gasteiger partial charge on any atom is 0.138 e. The number of rotatable bonds is 1. The first-order chi connectivity index (χ1) is 7.49. The fraction of sp³-hybridized carbons (Fsp3) is 0.500. The molecule has 2 unspecified atom stereocenters. The van der Waals surface area contributed by atoms with Crippen molar-refractivity contribution in [2.24, 2.45) is 7.05 Å². The first-order valence-corrected chi connectivity index (χ1v) is 5.26. The topological polar surface area (TPSA) is 54.6 Å². The molecule has 0 saturated heterocycles. The highest BCUT2D eigenvalue weighted by Gasteiger charge is 2.32. The molecule has 0 aromatic carbocycles. The lowest BCUT2D eigenvalue weighted by Gasteiger charge is -2.24. The highest BCUT2D eigenvalue weighted by Crippen LogP contribution is 2.39. The van der Waals surface area contributed by atoms with E-state index in [2.05, 4.69) is 0 Å². The first-order valence-electron chi connectivity index (χ1n) is 5.26. The van der Waals surface area contributed by atoms with Gasteiger partial charge in [0.15, 0.2) is 0 Å². The lowest BCUT2D eigenvalue weighted by molar-refractivity contribution is 0.106. The van der Waals surface area contributed by atoms with Gasteiger partial charge in [-0.1, -0.05) is 0 Å². The van der Waals surface area contributed by atoms with Gasteiger partial charge in [-0.15, -0.1) is 0 Å². The average Bonchev–Trinajstić information content (AvgIpc) is 2.49. The number of aliphatic hydroxyl groups excluding tert-OH is 2. The smallest absolute Gasteiger partial charge is 0.138 e. The van der Waals surface area contributed by atoms with Gasteiger partial charge in [0.05, 0.1) is 12.8 Å². The number of fused-ring (bicyclic) bond motifs is 1. The summed E-state index contributed by atoms with van der Waals surface area (Å²) in [6.45, 7) is 3.92. The van der Waals surface area contributed by atoms with E-state index in [1.165, 1.54) is 7.11 Å². The molecule has 16 heavy (non-hydrogen) atoms. The molecule has 1 heterocycles. The number of ether oxygens (including phenoxy) is 1. The van der Waals surface area contributed by atoms with E-state index in [0.29, 0.717) is 5.76 Å². The quantitative estimate of drug-likeness (QED) is 0.753. The van der Waals surface area contributed by atoms with Crippen molar-refractivity contribution in [2.75, 3.05) is 7.11 Å². The van der Waals surface area contributed by atoms with E-state index in [9.17, 15) is 10.2 Å². The second kappa shape index (κ2) is 3.64. The molecule has 0 spiro atoms. The maximum absolute atomic E-state index is 10.1. The molecule has 2 rings (SSSR count). The number of nitrogens with zero attached hydrogens (tertiary/aromatic N) is 1. The van der Waals surface area contributed by atoms with E-state index in [1.54, 1.807) is 6.08 Å². The SMILES string of the molecule is COC1=CC(O)c2c(c(C)c(C)n2C)C1O. The lowest BCUT2D eigenvalue weighted by atomic mass is 9.94. The third kappa shape index (κ3) is 1.30. The summed E-state index contributed by atoms with van der Waals surface area (Å²) in [4.78, 5) is 0. The summed E-state index contributed by atoms with van der Waals surface area (Å²) >= 11 is 0. The molecule has 2 atom stereocenters. The van der Waals surface area contributed by atoms with Gasteiger partial charge in [0.2, 0.25) is 0 Å². The van der Waals surface area contributed by atoms with E-state index in [4.69, 9.17) is 4.74 Å². The first kappa shape index (κ1) is 11.2. The van der Waals surface area contributed by atoms with Crippen molar-refractivity contribution in [1.82, 2.24) is 4.57 Å². The van der Waals surface area contributed by atoms with Crippen molar-refractivity contribution in [2.45, 2.75) is 26.1 Å². The number of aliphatic hydroxyl groups is 2. The summed E-state index contributed by atoms with van der Waals surface area (Å²) in [5.74, 6) is 0.411. The predicted octanol–water partition coefficient (Wildman–Crippen LogP) is 1.25. The Balaban J connectivity index is 2.65. The number of aromatic nitrogens is 1. The molecule has 0 saturated carbocycles. The van der Waals surface area contributed by atoms with Crippen LogP contribution >= 0.6 is 0 Å². The molecule has 1 aliphatic carbocycles. The molecule has 1 aromatic heterocycles. The third-order valence-electron chi connectivity index (χ3n) is 3.47. The Bertz CT molecular complexity index is 459. The Labute approximate surface area is 94.8 Å². The predicted molar refractivity (Wildman–Crippen MR) is 59.9 cm³/mol. The minimum absolute atomic E-state index is 0.411. The van der Waals surface area contributed by atoms with E-state index < -0.39 is 12.2 Å². The van der Waals surface area contributed by atoms with E-state index in [0.717, 1.165) is 22.5 Å². The van der Waals surface area contributed by atoms with Crippen molar-refractivity contribution in [3.63, 3.8) is 0 Å². The summed E-state index contributed by atoms with van der Waals surface area (Å²) in [7, 11) is 3.39. The van der Waals surface area contributed by atoms with Crippen LogP contribution in [-0.2, 0) is 11.8 Å². The second-order valence-corrected chi connectivity index (χ2v) is 4.19. The lowest BCUT2D eigenvalue weighted by Crippen LogP contribution is -2.16. The van der Waals surface area contributed by atoms with Gasteiger partial charge in [0.1, 0.15) is 18.0 Å². The monoisotopic (exact) mass is 223 g/mol. The molecule has 0 bridgehead atoms. The van der Waals surface area contributed by atoms with Crippen molar-refractivity contribution in [1.29, 1.82) is 0 Å². The van der Waals surface area contributed by atoms with Gasteiger partial charge in [0, 0.05) is 18.3 Å². The Morgan fingerprint density at radius 2 is 1.94 bits per heavy atom. The molecule has 4 heteroatoms. The number of methoxy groups -OCH3 is 1. The third-order valence-corrected chi connectivity index (χ3v) is 3.47. The van der Waals surface area contributed by atoms with Crippen LogP contribution in [0.25, 0.3) is 0 Å². The Hall–Kier alpha value is -1.26. The van der Waals surface area contributed by atoms with Gasteiger partial charge in [-0.3, -0.25) is 0 Å². The molecule has 0 amide bonds. The minimum atomic E-state index is -0.775. The zero-order chi connectivity index (χ0) is 12.0. The van der Waals surface area contributed by atoms with Gasteiger partial charge >= 0.3 is 0 Å². The van der Waals surface area contributed by atoms with Crippen LogP contribution in [0.3, 0.4) is 0 Å². The molecule has 1 aliphatic rings. The zero-order valence-electron chi connectivity index (χ0n) is 9.98. The Morgan fingerprint density at radius 1 is 1.31 bits per heavy atom. The van der Waals surface area contributed by atoms with Gasteiger partial charge < -0.3 is 19.5 Å². The van der Waals surface area contributed by atoms with E-state index in [-0.39, 0.29) is 0 Å². The molecule has 0 fully saturated rings. The minimum Gasteiger partial charge on any atom is -0.498 e. The maximum atomic E-state index is 10.1. The van der Waals surface area contributed by atoms with Crippen LogP contribution in [0.5, 0.6) is 0 Å². The summed E-state index contributed by atoms with van der Waals surface area (Å²) in [5, 5.41) is 20.2. The van der Waals surface area contributed by atoms with Crippen LogP contribution in [0.4, 0.5) is 0 Å². The highest BCUT2D eigenvalue weighted by atomic mass is 16.5. The van der Waals surface area contributed by atoms with Crippen LogP contribution in [0.1, 0.15) is 34.7 Å².